The lowest BCUT2D eigenvalue weighted by Gasteiger charge is -2.24. The molecule has 0 aliphatic carbocycles. The summed E-state index contributed by atoms with van der Waals surface area (Å²) in [6.07, 6.45) is 5.81. The molecular formula is C44H38N4O. The van der Waals surface area contributed by atoms with Crippen molar-refractivity contribution in [3.63, 3.8) is 0 Å². The number of benzene rings is 5. The van der Waals surface area contributed by atoms with Crippen LogP contribution in [0.2, 0.25) is 0 Å². The molecule has 0 amide bonds. The Morgan fingerprint density at radius 3 is 1.98 bits per heavy atom. The van der Waals surface area contributed by atoms with E-state index in [-0.39, 0.29) is 0 Å². The first kappa shape index (κ1) is 30.4. The summed E-state index contributed by atoms with van der Waals surface area (Å²) in [6.45, 7) is 9.08. The van der Waals surface area contributed by atoms with Gasteiger partial charge in [-0.15, -0.1) is 0 Å². The van der Waals surface area contributed by atoms with E-state index < -0.39 is 0 Å². The van der Waals surface area contributed by atoms with Crippen LogP contribution in [0.5, 0.6) is 11.5 Å². The number of hydrogen-bond donors (Lipinski definition) is 0. The molecule has 0 N–H and O–H groups in total. The fraction of sp³-hybridized carbons (Fsp3) is 0.136. The maximum absolute atomic E-state index is 6.58. The maximum atomic E-state index is 6.58. The van der Waals surface area contributed by atoms with Crippen LogP contribution in [0, 0.1) is 0 Å². The topological polar surface area (TPSA) is 44.9 Å². The maximum Gasteiger partial charge on any atom is 0.144 e. The van der Waals surface area contributed by atoms with Gasteiger partial charge in [-0.25, -0.2) is 9.97 Å². The van der Waals surface area contributed by atoms with Gasteiger partial charge in [0.15, 0.2) is 0 Å². The minimum Gasteiger partial charge on any atom is -0.457 e. The second-order valence-electron chi connectivity index (χ2n) is 13.1. The summed E-state index contributed by atoms with van der Waals surface area (Å²) in [7, 11) is 0. The molecule has 8 rings (SSSR count). The number of ether oxygens (including phenoxy) is 1. The molecule has 0 unspecified atom stereocenters. The lowest BCUT2D eigenvalue weighted by molar-refractivity contribution is 0.483. The van der Waals surface area contributed by atoms with Gasteiger partial charge < -0.3 is 4.74 Å². The molecule has 240 valence electrons. The third kappa shape index (κ3) is 5.57. The first-order valence-electron chi connectivity index (χ1n) is 17.0. The van der Waals surface area contributed by atoms with Gasteiger partial charge in [0.05, 0.1) is 16.7 Å². The van der Waals surface area contributed by atoms with Crippen molar-refractivity contribution in [3.05, 3.63) is 157 Å². The van der Waals surface area contributed by atoms with E-state index in [1.54, 1.807) is 0 Å². The number of nitrogens with zero attached hydrogens (tertiary/aromatic N) is 4. The van der Waals surface area contributed by atoms with Gasteiger partial charge in [-0.2, -0.15) is 0 Å². The fourth-order valence-electron chi connectivity index (χ4n) is 6.91. The highest BCUT2D eigenvalue weighted by molar-refractivity contribution is 6.09. The van der Waals surface area contributed by atoms with Crippen LogP contribution in [0.4, 0.5) is 0 Å². The van der Waals surface area contributed by atoms with Crippen molar-refractivity contribution < 1.29 is 4.74 Å². The highest BCUT2D eigenvalue weighted by atomic mass is 16.5. The number of aromatic nitrogens is 4. The third-order valence-corrected chi connectivity index (χ3v) is 9.25. The van der Waals surface area contributed by atoms with Crippen molar-refractivity contribution in [1.82, 2.24) is 19.1 Å². The van der Waals surface area contributed by atoms with E-state index in [1.165, 1.54) is 33.3 Å². The van der Waals surface area contributed by atoms with Crippen LogP contribution < -0.4 is 4.74 Å². The molecular weight excluding hydrogens is 601 g/mol. The predicted molar refractivity (Wildman–Crippen MR) is 201 cm³/mol. The summed E-state index contributed by atoms with van der Waals surface area (Å²) in [5, 5.41) is 2.34. The minimum absolute atomic E-state index is 0.317. The molecule has 5 nitrogen and oxygen atoms in total. The number of rotatable bonds is 8. The predicted octanol–water partition coefficient (Wildman–Crippen LogP) is 11.7. The molecule has 0 bridgehead atoms. The van der Waals surface area contributed by atoms with Crippen LogP contribution in [0.25, 0.3) is 55.8 Å². The first-order valence-corrected chi connectivity index (χ1v) is 17.0. The average molecular weight is 639 g/mol. The number of imidazole rings is 1. The van der Waals surface area contributed by atoms with E-state index in [1.807, 2.05) is 48.8 Å². The lowest BCUT2D eigenvalue weighted by Crippen LogP contribution is -2.08. The lowest BCUT2D eigenvalue weighted by atomic mass is 9.88. The Morgan fingerprint density at radius 2 is 1.22 bits per heavy atom. The SMILES string of the molecule is CC(C)c1cc(-c2ccccc2)cc(C(C)C)c1-n1ccnc1-c1cccc(Oc2ccc3c4ccccc4n(-c4ccccn4)c3c2)c1. The van der Waals surface area contributed by atoms with E-state index in [4.69, 9.17) is 9.72 Å². The van der Waals surface area contributed by atoms with E-state index in [0.29, 0.717) is 11.8 Å². The van der Waals surface area contributed by atoms with Gasteiger partial charge in [0, 0.05) is 41.0 Å². The molecule has 3 aromatic heterocycles. The second kappa shape index (κ2) is 12.6. The number of para-hydroxylation sites is 1. The first-order chi connectivity index (χ1) is 24.0. The molecule has 0 fully saturated rings. The highest BCUT2D eigenvalue weighted by Gasteiger charge is 2.21. The smallest absolute Gasteiger partial charge is 0.144 e. The molecule has 0 saturated heterocycles. The summed E-state index contributed by atoms with van der Waals surface area (Å²) < 4.78 is 11.0. The molecule has 5 heteroatoms. The van der Waals surface area contributed by atoms with Crippen LogP contribution in [0.15, 0.2) is 146 Å². The molecule has 0 spiro atoms. The number of pyridine rings is 1. The van der Waals surface area contributed by atoms with Gasteiger partial charge in [0.2, 0.25) is 0 Å². The Morgan fingerprint density at radius 1 is 0.531 bits per heavy atom. The zero-order chi connectivity index (χ0) is 33.5. The Hall–Kier alpha value is -5.94. The molecule has 49 heavy (non-hydrogen) atoms. The monoisotopic (exact) mass is 638 g/mol. The molecule has 0 radical (unpaired) electrons. The van der Waals surface area contributed by atoms with Gasteiger partial charge in [0.1, 0.15) is 23.1 Å². The standard InChI is InChI=1S/C44H38N4O/c1-29(2)38-26-33(31-13-6-5-7-14-31)27-39(30(3)4)43(38)47-24-23-46-44(47)32-15-12-16-34(25-32)49-35-20-21-37-36-17-8-9-18-40(36)48(41(37)28-35)42-19-10-11-22-45-42/h5-30H,1-4H3. The van der Waals surface area contributed by atoms with Crippen LogP contribution >= 0.6 is 0 Å². The number of hydrogen-bond acceptors (Lipinski definition) is 3. The summed E-state index contributed by atoms with van der Waals surface area (Å²) >= 11 is 0. The van der Waals surface area contributed by atoms with E-state index in [9.17, 15) is 0 Å². The van der Waals surface area contributed by atoms with Gasteiger partial charge in [-0.3, -0.25) is 9.13 Å². The van der Waals surface area contributed by atoms with Crippen molar-refractivity contribution in [2.24, 2.45) is 0 Å². The zero-order valence-electron chi connectivity index (χ0n) is 28.2. The molecule has 3 heterocycles. The van der Waals surface area contributed by atoms with Gasteiger partial charge in [0.25, 0.3) is 0 Å². The van der Waals surface area contributed by atoms with Gasteiger partial charge in [-0.05, 0) is 88.7 Å². The normalized spacial score (nSPS) is 11.6. The largest absolute Gasteiger partial charge is 0.457 e. The summed E-state index contributed by atoms with van der Waals surface area (Å²) in [6, 6.07) is 44.3. The molecule has 0 saturated carbocycles. The Balaban J connectivity index is 1.19. The van der Waals surface area contributed by atoms with E-state index in [0.717, 1.165) is 45.1 Å². The minimum atomic E-state index is 0.317. The van der Waals surface area contributed by atoms with Crippen molar-refractivity contribution in [2.45, 2.75) is 39.5 Å². The van der Waals surface area contributed by atoms with Crippen LogP contribution in [-0.2, 0) is 0 Å². The Kier molecular flexibility index (Phi) is 7.81. The summed E-state index contributed by atoms with van der Waals surface area (Å²) in [4.78, 5) is 9.58. The van der Waals surface area contributed by atoms with Crippen molar-refractivity contribution in [2.75, 3.05) is 0 Å². The molecule has 0 aliphatic rings. The van der Waals surface area contributed by atoms with Crippen molar-refractivity contribution >= 4 is 21.8 Å². The average Bonchev–Trinajstić information content (AvgIpc) is 3.75. The molecule has 0 aliphatic heterocycles. The van der Waals surface area contributed by atoms with Gasteiger partial charge in [-0.1, -0.05) is 94.4 Å². The zero-order valence-corrected chi connectivity index (χ0v) is 28.2. The fourth-order valence-corrected chi connectivity index (χ4v) is 6.91. The molecule has 5 aromatic carbocycles. The summed E-state index contributed by atoms with van der Waals surface area (Å²) in [5.41, 5.74) is 9.42. The van der Waals surface area contributed by atoms with Gasteiger partial charge >= 0.3 is 0 Å². The number of fused-ring (bicyclic) bond motifs is 3. The van der Waals surface area contributed by atoms with Crippen LogP contribution in [-0.4, -0.2) is 19.1 Å². The highest BCUT2D eigenvalue weighted by Crippen LogP contribution is 2.39. The molecule has 0 atom stereocenters. The Labute approximate surface area is 287 Å². The second-order valence-corrected chi connectivity index (χ2v) is 13.1. The third-order valence-electron chi connectivity index (χ3n) is 9.25. The van der Waals surface area contributed by atoms with Crippen LogP contribution in [0.3, 0.4) is 0 Å². The quantitative estimate of drug-likeness (QED) is 0.166. The van der Waals surface area contributed by atoms with E-state index >= 15 is 0 Å². The Bertz CT molecular complexity index is 2390. The summed E-state index contributed by atoms with van der Waals surface area (Å²) in [5.74, 6) is 3.90. The van der Waals surface area contributed by atoms with Crippen molar-refractivity contribution in [3.8, 4) is 45.5 Å². The molecule has 8 aromatic rings. The van der Waals surface area contributed by atoms with Crippen LogP contribution in [0.1, 0.15) is 50.7 Å². The van der Waals surface area contributed by atoms with E-state index in [2.05, 4.69) is 139 Å². The van der Waals surface area contributed by atoms with Crippen molar-refractivity contribution in [1.29, 1.82) is 0 Å².